The van der Waals surface area contributed by atoms with E-state index in [1.54, 1.807) is 0 Å². The minimum Gasteiger partial charge on any atom is -0.310 e. The van der Waals surface area contributed by atoms with Crippen LogP contribution in [0.4, 0.5) is 17.1 Å². The van der Waals surface area contributed by atoms with E-state index < -0.39 is 10.8 Å². The summed E-state index contributed by atoms with van der Waals surface area (Å²) < 4.78 is 0. The molecule has 0 heterocycles. The predicted molar refractivity (Wildman–Crippen MR) is 282 cm³/mol. The Labute approximate surface area is 397 Å². The van der Waals surface area contributed by atoms with Crippen LogP contribution < -0.4 is 4.90 Å². The molecule has 3 aliphatic carbocycles. The summed E-state index contributed by atoms with van der Waals surface area (Å²) in [5.41, 5.74) is 24.9. The molecule has 3 aliphatic rings. The number of fused-ring (bicyclic) bond motifs is 13. The quantitative estimate of drug-likeness (QED) is 0.161. The molecule has 0 aliphatic heterocycles. The van der Waals surface area contributed by atoms with Crippen LogP contribution in [0.3, 0.4) is 0 Å². The largest absolute Gasteiger partial charge is 0.310 e. The van der Waals surface area contributed by atoms with Crippen LogP contribution >= 0.6 is 0 Å². The van der Waals surface area contributed by atoms with Crippen LogP contribution in [0.25, 0.3) is 33.4 Å². The molecule has 2 unspecified atom stereocenters. The Morgan fingerprint density at radius 2 is 0.716 bits per heavy atom. The first-order chi connectivity index (χ1) is 32.4. The van der Waals surface area contributed by atoms with Gasteiger partial charge in [-0.05, 0) is 148 Å². The van der Waals surface area contributed by atoms with Gasteiger partial charge < -0.3 is 4.90 Å². The van der Waals surface area contributed by atoms with Gasteiger partial charge in [0.25, 0.3) is 0 Å². The molecule has 0 amide bonds. The second kappa shape index (κ2) is 14.9. The van der Waals surface area contributed by atoms with Gasteiger partial charge in [0, 0.05) is 17.1 Å². The van der Waals surface area contributed by atoms with E-state index in [9.17, 15) is 0 Å². The predicted octanol–water partition coefficient (Wildman–Crippen LogP) is 17.0. The third-order valence-electron chi connectivity index (χ3n) is 15.5. The highest BCUT2D eigenvalue weighted by Gasteiger charge is 2.52. The maximum absolute atomic E-state index is 2.54. The van der Waals surface area contributed by atoms with Gasteiger partial charge in [0.05, 0.1) is 10.8 Å². The molecule has 67 heavy (non-hydrogen) atoms. The van der Waals surface area contributed by atoms with Crippen molar-refractivity contribution in [3.8, 4) is 33.4 Å². The zero-order valence-electron chi connectivity index (χ0n) is 39.8. The van der Waals surface area contributed by atoms with E-state index in [4.69, 9.17) is 0 Å². The van der Waals surface area contributed by atoms with E-state index in [0.29, 0.717) is 0 Å². The molecule has 0 N–H and O–H groups in total. The second-order valence-electron chi connectivity index (χ2n) is 21.2. The van der Waals surface area contributed by atoms with Gasteiger partial charge in [-0.3, -0.25) is 0 Å². The molecule has 1 spiro atoms. The Morgan fingerprint density at radius 3 is 1.22 bits per heavy atom. The maximum atomic E-state index is 2.54. The number of benzene rings is 9. The summed E-state index contributed by atoms with van der Waals surface area (Å²) in [6, 6.07) is 79.3. The van der Waals surface area contributed by atoms with Gasteiger partial charge in [0.2, 0.25) is 0 Å². The van der Waals surface area contributed by atoms with E-state index in [0.717, 1.165) is 23.5 Å². The average molecular weight is 864 g/mol. The maximum Gasteiger partial charge on any atom is 0.0726 e. The van der Waals surface area contributed by atoms with E-state index in [2.05, 4.69) is 260 Å². The summed E-state index contributed by atoms with van der Waals surface area (Å²) in [7, 11) is 0. The van der Waals surface area contributed by atoms with Crippen LogP contribution in [-0.4, -0.2) is 0 Å². The number of hydrogen-bond donors (Lipinski definition) is 0. The Morgan fingerprint density at radius 1 is 0.328 bits per heavy atom. The third-order valence-corrected chi connectivity index (χ3v) is 15.5. The second-order valence-corrected chi connectivity index (χ2v) is 21.2. The van der Waals surface area contributed by atoms with Gasteiger partial charge in [-0.1, -0.05) is 218 Å². The fraction of sp³-hybridized carbons (Fsp3) is 0.182. The van der Waals surface area contributed by atoms with E-state index >= 15 is 0 Å². The van der Waals surface area contributed by atoms with E-state index in [1.165, 1.54) is 94.6 Å². The van der Waals surface area contributed by atoms with Crippen LogP contribution in [0.5, 0.6) is 0 Å². The first-order valence-corrected chi connectivity index (χ1v) is 24.2. The molecule has 0 saturated heterocycles. The molecule has 1 heteroatoms. The topological polar surface area (TPSA) is 3.24 Å². The van der Waals surface area contributed by atoms with Gasteiger partial charge in [0.15, 0.2) is 0 Å². The normalized spacial score (nSPS) is 17.4. The van der Waals surface area contributed by atoms with Crippen molar-refractivity contribution in [3.63, 3.8) is 0 Å². The highest BCUT2D eigenvalue weighted by molar-refractivity contribution is 5.97. The third kappa shape index (κ3) is 5.93. The molecule has 9 aromatic rings. The zero-order chi connectivity index (χ0) is 45.9. The molecule has 12 rings (SSSR count). The van der Waals surface area contributed by atoms with Crippen LogP contribution in [0.15, 0.2) is 206 Å². The van der Waals surface area contributed by atoms with Crippen molar-refractivity contribution in [2.24, 2.45) is 0 Å². The number of aryl methyl sites for hydroxylation is 1. The van der Waals surface area contributed by atoms with Gasteiger partial charge in [0.1, 0.15) is 0 Å². The lowest BCUT2D eigenvalue weighted by Crippen LogP contribution is -2.29. The van der Waals surface area contributed by atoms with E-state index in [1.807, 2.05) is 0 Å². The molecular formula is C66H57N. The summed E-state index contributed by atoms with van der Waals surface area (Å²) in [4.78, 5) is 2.52. The average Bonchev–Trinajstić information content (AvgIpc) is 3.93. The lowest BCUT2D eigenvalue weighted by atomic mass is 9.67. The van der Waals surface area contributed by atoms with Gasteiger partial charge in [-0.15, -0.1) is 0 Å². The number of anilines is 3. The van der Waals surface area contributed by atoms with Crippen LogP contribution in [0, 0.1) is 0 Å². The Bertz CT molecular complexity index is 3380. The Balaban J connectivity index is 1.13. The highest BCUT2D eigenvalue weighted by Crippen LogP contribution is 2.64. The van der Waals surface area contributed by atoms with Gasteiger partial charge in [-0.2, -0.15) is 0 Å². The van der Waals surface area contributed by atoms with Gasteiger partial charge in [-0.25, -0.2) is 0 Å². The molecular weight excluding hydrogens is 807 g/mol. The van der Waals surface area contributed by atoms with Crippen LogP contribution in [-0.2, 0) is 28.1 Å². The van der Waals surface area contributed by atoms with Crippen molar-refractivity contribution in [3.05, 3.63) is 267 Å². The highest BCUT2D eigenvalue weighted by atomic mass is 15.1. The monoisotopic (exact) mass is 863 g/mol. The first-order valence-electron chi connectivity index (χ1n) is 24.2. The zero-order valence-corrected chi connectivity index (χ0v) is 39.8. The summed E-state index contributed by atoms with van der Waals surface area (Å²) in [5.74, 6) is 0. The molecule has 2 atom stereocenters. The molecule has 326 valence electrons. The van der Waals surface area contributed by atoms with Crippen molar-refractivity contribution in [1.82, 2.24) is 0 Å². The standard InChI is InChI=1S/C66H57N/c1-8-43-26-33-48(34-27-43)67(49-35-38-55-51-20-12-15-23-57(51)65(61(55)41-49,45-18-10-9-11-19-45)46-30-28-44(29-31-46)63(2,3)4)50-36-39-56-53-22-14-17-25-59(53)66(62(56)42-50)58-24-16-13-21-52(58)54-37-32-47(40-60(54)66)64(5,6)7/h9-42H,8H2,1-7H3. The van der Waals surface area contributed by atoms with Crippen LogP contribution in [0.1, 0.15) is 110 Å². The fourth-order valence-corrected chi connectivity index (χ4v) is 12.2. The molecule has 1 nitrogen and oxygen atoms in total. The lowest BCUT2D eigenvalue weighted by Gasteiger charge is -2.35. The summed E-state index contributed by atoms with van der Waals surface area (Å²) in [6.45, 7) is 16.1. The Hall–Kier alpha value is -7.22. The number of hydrogen-bond acceptors (Lipinski definition) is 1. The molecule has 0 saturated carbocycles. The molecule has 9 aromatic carbocycles. The number of rotatable bonds is 6. The lowest BCUT2D eigenvalue weighted by molar-refractivity contribution is 0.588. The smallest absolute Gasteiger partial charge is 0.0726 e. The minimum atomic E-state index is -0.539. The van der Waals surface area contributed by atoms with Crippen molar-refractivity contribution in [2.75, 3.05) is 4.90 Å². The summed E-state index contributed by atoms with van der Waals surface area (Å²) in [6.07, 6.45) is 0.986. The molecule has 0 bridgehead atoms. The van der Waals surface area contributed by atoms with Crippen molar-refractivity contribution >= 4 is 17.1 Å². The van der Waals surface area contributed by atoms with Crippen LogP contribution in [0.2, 0.25) is 0 Å². The van der Waals surface area contributed by atoms with Crippen molar-refractivity contribution in [1.29, 1.82) is 0 Å². The first kappa shape index (κ1) is 41.2. The number of nitrogens with zero attached hydrogens (tertiary/aromatic N) is 1. The Kier molecular flexibility index (Phi) is 9.17. The van der Waals surface area contributed by atoms with Crippen molar-refractivity contribution in [2.45, 2.75) is 76.5 Å². The minimum absolute atomic E-state index is 0.00786. The SMILES string of the molecule is CCc1ccc(N(c2ccc3c(c2)C(c2ccccc2)(c2ccc(C(C)(C)C)cc2)c2ccccc2-3)c2ccc3c(c2)C2(c4ccccc4-3)c3ccccc3-c3ccc(C(C)(C)C)cc32)cc1. The summed E-state index contributed by atoms with van der Waals surface area (Å²) >= 11 is 0. The fourth-order valence-electron chi connectivity index (χ4n) is 12.2. The summed E-state index contributed by atoms with van der Waals surface area (Å²) in [5, 5.41) is 0. The molecule has 0 aromatic heterocycles. The molecule has 0 radical (unpaired) electrons. The molecule has 0 fully saturated rings. The van der Waals surface area contributed by atoms with Crippen molar-refractivity contribution < 1.29 is 0 Å². The van der Waals surface area contributed by atoms with Gasteiger partial charge >= 0.3 is 0 Å². The van der Waals surface area contributed by atoms with E-state index in [-0.39, 0.29) is 10.8 Å².